The van der Waals surface area contributed by atoms with Crippen molar-refractivity contribution in [3.8, 4) is 11.4 Å². The molecule has 0 bridgehead atoms. The van der Waals surface area contributed by atoms with Crippen LogP contribution in [-0.4, -0.2) is 30.6 Å². The molecule has 0 spiro atoms. The molecule has 3 aromatic rings. The van der Waals surface area contributed by atoms with Crippen molar-refractivity contribution in [1.82, 2.24) is 13.9 Å². The van der Waals surface area contributed by atoms with Gasteiger partial charge in [-0.15, -0.1) is 6.58 Å². The Balaban J connectivity index is 1.66. The predicted octanol–water partition coefficient (Wildman–Crippen LogP) is 4.40. The number of para-hydroxylation sites is 2. The van der Waals surface area contributed by atoms with Crippen LogP contribution in [0.2, 0.25) is 0 Å². The number of phenolic OH excluding ortho intramolecular Hbond substituents is 1. The van der Waals surface area contributed by atoms with Gasteiger partial charge < -0.3 is 5.11 Å². The Labute approximate surface area is 237 Å². The minimum atomic E-state index is -1.24. The summed E-state index contributed by atoms with van der Waals surface area (Å²) in [6, 6.07) is 13.5. The second-order valence-electron chi connectivity index (χ2n) is 11.8. The number of allylic oxidation sites excluding steroid dienone is 5. The van der Waals surface area contributed by atoms with Crippen LogP contribution in [0.3, 0.4) is 0 Å². The molecule has 2 aromatic carbocycles. The van der Waals surface area contributed by atoms with Gasteiger partial charge in [-0.05, 0) is 61.1 Å². The highest BCUT2D eigenvalue weighted by Crippen LogP contribution is 2.66. The first kappa shape index (κ1) is 26.7. The van der Waals surface area contributed by atoms with Crippen LogP contribution in [0, 0.1) is 10.8 Å². The van der Waals surface area contributed by atoms with E-state index in [-0.39, 0.29) is 30.3 Å². The number of aromatic hydroxyl groups is 1. The predicted molar refractivity (Wildman–Crippen MR) is 155 cm³/mol. The summed E-state index contributed by atoms with van der Waals surface area (Å²) in [5.41, 5.74) is -0.230. The lowest BCUT2D eigenvalue weighted by Gasteiger charge is -2.58. The Morgan fingerprint density at radius 3 is 2.32 bits per heavy atom. The summed E-state index contributed by atoms with van der Waals surface area (Å²) in [6.07, 6.45) is 4.18. The average Bonchev–Trinajstić information content (AvgIpc) is 3.23. The SMILES string of the molecule is C=CCc1cccc([C@H]2C3=CCn4c(=O)n(-c5ccccc5)c(=O)n4[C@@H]3C[C@@]3(C)C(=O)C(C)=C(C)C(=O)[C@@]23C)c1O. The van der Waals surface area contributed by atoms with E-state index in [0.717, 1.165) is 10.1 Å². The molecule has 8 heteroatoms. The summed E-state index contributed by atoms with van der Waals surface area (Å²) in [5, 5.41) is 11.6. The monoisotopic (exact) mass is 551 g/mol. The van der Waals surface area contributed by atoms with Crippen molar-refractivity contribution in [2.45, 2.75) is 59.0 Å². The van der Waals surface area contributed by atoms with Crippen molar-refractivity contribution in [2.24, 2.45) is 10.8 Å². The molecular weight excluding hydrogens is 518 g/mol. The van der Waals surface area contributed by atoms with Crippen LogP contribution in [0.15, 0.2) is 93.6 Å². The first-order valence-corrected chi connectivity index (χ1v) is 13.9. The number of carbonyl (C=O) groups excluding carboxylic acids is 2. The normalized spacial score (nSPS) is 27.2. The number of fused-ring (bicyclic) bond motifs is 4. The Kier molecular flexibility index (Phi) is 5.89. The standard InChI is InChI=1S/C33H33N3O5/c1-6-11-21-12-10-15-24(27(21)37)26-23-16-17-34-30(40)35(22-13-8-7-9-14-22)31(41)36(34)25(23)18-32(4)28(38)19(2)20(3)29(39)33(26,32)5/h6-10,12-16,25-26,37H,1,11,17-18H2,2-5H3/t25-,26-,32+,33-/m1/s1. The van der Waals surface area contributed by atoms with Crippen LogP contribution < -0.4 is 11.4 Å². The molecule has 0 radical (unpaired) electrons. The van der Waals surface area contributed by atoms with Gasteiger partial charge in [0.15, 0.2) is 11.6 Å². The number of ketones is 2. The summed E-state index contributed by atoms with van der Waals surface area (Å²) in [4.78, 5) is 56.1. The first-order chi connectivity index (χ1) is 19.5. The topological polar surface area (TPSA) is 103 Å². The van der Waals surface area contributed by atoms with Gasteiger partial charge in [-0.2, -0.15) is 0 Å². The molecule has 41 heavy (non-hydrogen) atoms. The van der Waals surface area contributed by atoms with Crippen LogP contribution in [-0.2, 0) is 22.6 Å². The maximum Gasteiger partial charge on any atom is 0.352 e. The van der Waals surface area contributed by atoms with Gasteiger partial charge >= 0.3 is 11.4 Å². The molecule has 1 saturated carbocycles. The third-order valence-corrected chi connectivity index (χ3v) is 9.95. The van der Waals surface area contributed by atoms with Crippen molar-refractivity contribution in [1.29, 1.82) is 0 Å². The molecule has 1 fully saturated rings. The maximum atomic E-state index is 14.3. The van der Waals surface area contributed by atoms with Crippen LogP contribution in [0.25, 0.3) is 5.69 Å². The number of benzene rings is 2. The Bertz CT molecular complexity index is 1840. The second-order valence-corrected chi connectivity index (χ2v) is 11.8. The summed E-state index contributed by atoms with van der Waals surface area (Å²) >= 11 is 0. The van der Waals surface area contributed by atoms with Gasteiger partial charge in [-0.3, -0.25) is 9.59 Å². The minimum absolute atomic E-state index is 0.0452. The van der Waals surface area contributed by atoms with Crippen LogP contribution >= 0.6 is 0 Å². The number of aromatic nitrogens is 3. The van der Waals surface area contributed by atoms with Crippen molar-refractivity contribution in [3.05, 3.63) is 116 Å². The zero-order chi connectivity index (χ0) is 29.4. The molecule has 210 valence electrons. The van der Waals surface area contributed by atoms with Gasteiger partial charge in [0.25, 0.3) is 0 Å². The molecule has 8 nitrogen and oxygen atoms in total. The first-order valence-electron chi connectivity index (χ1n) is 13.9. The van der Waals surface area contributed by atoms with Gasteiger partial charge in [0.05, 0.1) is 23.7 Å². The number of Topliss-reactive ketones (excluding diaryl/α,β-unsaturated/α-hetero) is 2. The maximum absolute atomic E-state index is 14.3. The van der Waals surface area contributed by atoms with Crippen molar-refractivity contribution in [3.63, 3.8) is 0 Å². The van der Waals surface area contributed by atoms with E-state index in [1.165, 1.54) is 9.36 Å². The van der Waals surface area contributed by atoms with Crippen molar-refractivity contribution >= 4 is 11.6 Å². The van der Waals surface area contributed by atoms with E-state index in [4.69, 9.17) is 0 Å². The second kappa shape index (κ2) is 9.03. The summed E-state index contributed by atoms with van der Waals surface area (Å²) < 4.78 is 4.00. The molecule has 0 unspecified atom stereocenters. The van der Waals surface area contributed by atoms with Gasteiger partial charge in [0, 0.05) is 16.9 Å². The smallest absolute Gasteiger partial charge is 0.352 e. The summed E-state index contributed by atoms with van der Waals surface area (Å²) in [6.45, 7) is 10.9. The molecule has 0 amide bonds. The van der Waals surface area contributed by atoms with E-state index in [2.05, 4.69) is 6.58 Å². The van der Waals surface area contributed by atoms with E-state index in [1.807, 2.05) is 31.2 Å². The van der Waals surface area contributed by atoms with Gasteiger partial charge in [0.1, 0.15) is 5.75 Å². The molecule has 4 atom stereocenters. The molecule has 1 N–H and O–H groups in total. The lowest BCUT2D eigenvalue weighted by atomic mass is 9.43. The van der Waals surface area contributed by atoms with Crippen molar-refractivity contribution in [2.75, 3.05) is 0 Å². The zero-order valence-corrected chi connectivity index (χ0v) is 23.7. The van der Waals surface area contributed by atoms with Gasteiger partial charge in [-0.25, -0.2) is 23.5 Å². The Morgan fingerprint density at radius 1 is 0.951 bits per heavy atom. The van der Waals surface area contributed by atoms with Crippen LogP contribution in [0.1, 0.15) is 57.2 Å². The highest BCUT2D eigenvalue weighted by Gasteiger charge is 2.67. The number of nitrogens with zero attached hydrogens (tertiary/aromatic N) is 3. The lowest BCUT2D eigenvalue weighted by molar-refractivity contribution is -0.151. The number of hydrogen-bond donors (Lipinski definition) is 1. The molecule has 1 aliphatic heterocycles. The van der Waals surface area contributed by atoms with Gasteiger partial charge in [0.2, 0.25) is 0 Å². The molecule has 0 saturated heterocycles. The van der Waals surface area contributed by atoms with E-state index in [1.54, 1.807) is 57.2 Å². The summed E-state index contributed by atoms with van der Waals surface area (Å²) in [5.74, 6) is -0.972. The average molecular weight is 552 g/mol. The van der Waals surface area contributed by atoms with E-state index >= 15 is 0 Å². The molecule has 1 aromatic heterocycles. The Morgan fingerprint density at radius 2 is 1.63 bits per heavy atom. The Hall–Kier alpha value is -4.46. The van der Waals surface area contributed by atoms with E-state index in [9.17, 15) is 24.3 Å². The van der Waals surface area contributed by atoms with E-state index in [0.29, 0.717) is 34.4 Å². The number of rotatable bonds is 4. The largest absolute Gasteiger partial charge is 0.507 e. The fourth-order valence-corrected chi connectivity index (χ4v) is 7.50. The van der Waals surface area contributed by atoms with Crippen LogP contribution in [0.5, 0.6) is 5.75 Å². The van der Waals surface area contributed by atoms with Crippen LogP contribution in [0.4, 0.5) is 0 Å². The molecule has 2 aliphatic carbocycles. The quantitative estimate of drug-likeness (QED) is 0.484. The molecule has 6 rings (SSSR count). The lowest BCUT2D eigenvalue weighted by Crippen LogP contribution is -2.61. The fraction of sp³-hybridized carbons (Fsp3) is 0.333. The highest BCUT2D eigenvalue weighted by atomic mass is 16.3. The molecule has 2 heterocycles. The van der Waals surface area contributed by atoms with Gasteiger partial charge in [-0.1, -0.05) is 62.4 Å². The number of hydrogen-bond acceptors (Lipinski definition) is 5. The number of carbonyl (C=O) groups is 2. The van der Waals surface area contributed by atoms with Crippen molar-refractivity contribution < 1.29 is 14.7 Å². The molecule has 3 aliphatic rings. The fourth-order valence-electron chi connectivity index (χ4n) is 7.50. The molecular formula is C33H33N3O5. The third-order valence-electron chi connectivity index (χ3n) is 9.95. The third kappa shape index (κ3) is 3.33. The zero-order valence-electron chi connectivity index (χ0n) is 23.7. The highest BCUT2D eigenvalue weighted by molar-refractivity contribution is 6.17. The van der Waals surface area contributed by atoms with E-state index < -0.39 is 34.2 Å². The number of phenols is 1. The minimum Gasteiger partial charge on any atom is -0.507 e. The summed E-state index contributed by atoms with van der Waals surface area (Å²) in [7, 11) is 0.